The van der Waals surface area contributed by atoms with Crippen LogP contribution in [0.15, 0.2) is 36.8 Å². The Hall–Kier alpha value is -2.35. The Morgan fingerprint density at radius 1 is 1.28 bits per heavy atom. The number of pyridine rings is 1. The van der Waals surface area contributed by atoms with Gasteiger partial charge < -0.3 is 15.8 Å². The molecule has 3 heterocycles. The van der Waals surface area contributed by atoms with Crippen molar-refractivity contribution in [3.63, 3.8) is 0 Å². The number of anilines is 1. The topological polar surface area (TPSA) is 78.0 Å². The molecule has 2 fully saturated rings. The molecule has 1 spiro atoms. The number of nitrogens with zero attached hydrogens (tertiary/aromatic N) is 3. The second-order valence-electron chi connectivity index (χ2n) is 8.68. The van der Waals surface area contributed by atoms with Crippen LogP contribution in [0.4, 0.5) is 10.2 Å². The number of aromatic nitrogens is 3. The number of hydrogen-bond donors (Lipinski definition) is 2. The summed E-state index contributed by atoms with van der Waals surface area (Å²) in [6, 6.07) is 4.91. The van der Waals surface area contributed by atoms with Crippen molar-refractivity contribution in [1.29, 1.82) is 0 Å². The number of hydrogen-bond acceptors (Lipinski definition) is 5. The smallest absolute Gasteiger partial charge is 0.166 e. The van der Waals surface area contributed by atoms with Crippen molar-refractivity contribution in [2.24, 2.45) is 5.41 Å². The molecule has 2 unspecified atom stereocenters. The molecule has 32 heavy (non-hydrogen) atoms. The molecule has 9 heteroatoms. The van der Waals surface area contributed by atoms with E-state index in [4.69, 9.17) is 33.7 Å². The molecule has 6 nitrogen and oxygen atoms in total. The van der Waals surface area contributed by atoms with Gasteiger partial charge in [-0.15, -0.1) is 0 Å². The number of nitrogen functional groups attached to an aromatic ring is 1. The van der Waals surface area contributed by atoms with Crippen LogP contribution in [0.3, 0.4) is 0 Å². The second-order valence-corrected chi connectivity index (χ2v) is 9.46. The van der Waals surface area contributed by atoms with E-state index in [1.807, 2.05) is 12.3 Å². The summed E-state index contributed by atoms with van der Waals surface area (Å²) in [6.45, 7) is 3.80. The minimum atomic E-state index is -0.628. The Kier molecular flexibility index (Phi) is 5.51. The highest BCUT2D eigenvalue weighted by Crippen LogP contribution is 2.56. The van der Waals surface area contributed by atoms with Crippen molar-refractivity contribution in [3.05, 3.63) is 58.2 Å². The lowest BCUT2D eigenvalue weighted by atomic mass is 9.90. The quantitative estimate of drug-likeness (QED) is 0.481. The number of halogens is 3. The van der Waals surface area contributed by atoms with E-state index in [2.05, 4.69) is 26.3 Å². The maximum Gasteiger partial charge on any atom is 0.166 e. The zero-order valence-electron chi connectivity index (χ0n) is 17.6. The predicted octanol–water partition coefficient (Wildman–Crippen LogP) is 5.43. The average molecular weight is 476 g/mol. The third-order valence-corrected chi connectivity index (χ3v) is 7.31. The van der Waals surface area contributed by atoms with Gasteiger partial charge in [0.1, 0.15) is 11.9 Å². The van der Waals surface area contributed by atoms with Gasteiger partial charge in [0.15, 0.2) is 11.6 Å². The van der Waals surface area contributed by atoms with Crippen molar-refractivity contribution in [2.75, 3.05) is 18.8 Å². The summed E-state index contributed by atoms with van der Waals surface area (Å²) >= 11 is 12.4. The summed E-state index contributed by atoms with van der Waals surface area (Å²) in [5.41, 5.74) is 8.54. The number of rotatable bonds is 5. The Morgan fingerprint density at radius 3 is 2.88 bits per heavy atom. The summed E-state index contributed by atoms with van der Waals surface area (Å²) in [6.07, 6.45) is 8.54. The molecule has 0 amide bonds. The number of nitrogens with one attached hydrogen (secondary N) is 1. The van der Waals surface area contributed by atoms with Crippen LogP contribution in [0.25, 0.3) is 11.1 Å². The molecule has 1 saturated carbocycles. The molecule has 3 aromatic rings. The average Bonchev–Trinajstić information content (AvgIpc) is 3.35. The van der Waals surface area contributed by atoms with Crippen LogP contribution in [0.5, 0.6) is 5.75 Å². The zero-order chi connectivity index (χ0) is 22.5. The summed E-state index contributed by atoms with van der Waals surface area (Å²) in [4.78, 5) is 4.29. The standard InChI is InChI=1S/C23H24Cl2FN5O/c1-13(20-16(24)2-3-17(26)21(20)25)32-18-8-14(9-29-22(18)27)15-10-30-31(11-15)19-4-7-28-12-23(19)5-6-23/h2-3,8-11,13,19,28H,4-7,12H2,1H3,(H2,27,29). The first kappa shape index (κ1) is 21.5. The van der Waals surface area contributed by atoms with Crippen LogP contribution in [0, 0.1) is 11.2 Å². The molecular formula is C23H24Cl2FN5O. The van der Waals surface area contributed by atoms with Crippen molar-refractivity contribution < 1.29 is 9.13 Å². The molecule has 1 aliphatic carbocycles. The largest absolute Gasteiger partial charge is 0.482 e. The SMILES string of the molecule is CC(Oc1cc(-c2cnn(C3CCNCC34CC4)c2)cnc1N)c1c(Cl)ccc(F)c1Cl. The fourth-order valence-corrected chi connectivity index (χ4v) is 5.29. The van der Waals surface area contributed by atoms with E-state index >= 15 is 0 Å². The molecule has 1 aliphatic heterocycles. The first-order valence-corrected chi connectivity index (χ1v) is 11.4. The maximum absolute atomic E-state index is 13.9. The van der Waals surface area contributed by atoms with Gasteiger partial charge in [0, 0.05) is 46.1 Å². The van der Waals surface area contributed by atoms with Gasteiger partial charge in [-0.25, -0.2) is 9.37 Å². The highest BCUT2D eigenvalue weighted by molar-refractivity contribution is 6.36. The number of piperidine rings is 1. The minimum Gasteiger partial charge on any atom is -0.482 e. The molecule has 2 aliphatic rings. The van der Waals surface area contributed by atoms with E-state index in [0.717, 1.165) is 30.6 Å². The fourth-order valence-electron chi connectivity index (χ4n) is 4.61. The van der Waals surface area contributed by atoms with Crippen molar-refractivity contribution in [1.82, 2.24) is 20.1 Å². The van der Waals surface area contributed by atoms with E-state index in [1.165, 1.54) is 25.0 Å². The zero-order valence-corrected chi connectivity index (χ0v) is 19.1. The van der Waals surface area contributed by atoms with Gasteiger partial charge >= 0.3 is 0 Å². The van der Waals surface area contributed by atoms with Gasteiger partial charge in [-0.05, 0) is 50.9 Å². The van der Waals surface area contributed by atoms with Crippen molar-refractivity contribution >= 4 is 29.0 Å². The lowest BCUT2D eigenvalue weighted by Gasteiger charge is -2.32. The molecule has 1 saturated heterocycles. The fraction of sp³-hybridized carbons (Fsp3) is 0.391. The van der Waals surface area contributed by atoms with Crippen LogP contribution in [-0.2, 0) is 0 Å². The first-order valence-electron chi connectivity index (χ1n) is 10.7. The highest BCUT2D eigenvalue weighted by atomic mass is 35.5. The molecule has 5 rings (SSSR count). The Labute approximate surface area is 195 Å². The summed E-state index contributed by atoms with van der Waals surface area (Å²) in [7, 11) is 0. The Bertz CT molecular complexity index is 1160. The Balaban J connectivity index is 1.40. The van der Waals surface area contributed by atoms with Crippen LogP contribution < -0.4 is 15.8 Å². The molecule has 3 N–H and O–H groups in total. The monoisotopic (exact) mass is 475 g/mol. The lowest BCUT2D eigenvalue weighted by molar-refractivity contribution is 0.217. The molecule has 1 aromatic carbocycles. The number of benzene rings is 1. The summed E-state index contributed by atoms with van der Waals surface area (Å²) in [5.74, 6) is 0.0479. The molecule has 168 valence electrons. The van der Waals surface area contributed by atoms with E-state index in [9.17, 15) is 4.39 Å². The van der Waals surface area contributed by atoms with E-state index in [1.54, 1.807) is 13.1 Å². The predicted molar refractivity (Wildman–Crippen MR) is 124 cm³/mol. The van der Waals surface area contributed by atoms with Gasteiger partial charge in [-0.3, -0.25) is 4.68 Å². The van der Waals surface area contributed by atoms with Crippen molar-refractivity contribution in [2.45, 2.75) is 38.3 Å². The minimum absolute atomic E-state index is 0.0649. The number of ether oxygens (including phenoxy) is 1. The Morgan fingerprint density at radius 2 is 2.09 bits per heavy atom. The van der Waals surface area contributed by atoms with Gasteiger partial charge in [-0.2, -0.15) is 5.10 Å². The summed E-state index contributed by atoms with van der Waals surface area (Å²) < 4.78 is 22.1. The molecule has 0 radical (unpaired) electrons. The highest BCUT2D eigenvalue weighted by Gasteiger charge is 2.51. The van der Waals surface area contributed by atoms with E-state index < -0.39 is 11.9 Å². The van der Waals surface area contributed by atoms with E-state index in [-0.39, 0.29) is 10.8 Å². The van der Waals surface area contributed by atoms with E-state index in [0.29, 0.717) is 27.8 Å². The van der Waals surface area contributed by atoms with Crippen LogP contribution in [0.2, 0.25) is 10.0 Å². The van der Waals surface area contributed by atoms with Crippen molar-refractivity contribution in [3.8, 4) is 16.9 Å². The van der Waals surface area contributed by atoms with Crippen LogP contribution in [0.1, 0.15) is 43.9 Å². The summed E-state index contributed by atoms with van der Waals surface area (Å²) in [5, 5.41) is 8.42. The van der Waals surface area contributed by atoms with Gasteiger partial charge in [0.2, 0.25) is 0 Å². The molecule has 2 atom stereocenters. The third kappa shape index (κ3) is 3.83. The van der Waals surface area contributed by atoms with Gasteiger partial charge in [0.25, 0.3) is 0 Å². The second kappa shape index (κ2) is 8.21. The first-order chi connectivity index (χ1) is 15.4. The maximum atomic E-state index is 13.9. The lowest BCUT2D eigenvalue weighted by Crippen LogP contribution is -2.39. The number of nitrogens with two attached hydrogens (primary N) is 1. The molecule has 2 aromatic heterocycles. The molecular weight excluding hydrogens is 452 g/mol. The van der Waals surface area contributed by atoms with Crippen LogP contribution in [-0.4, -0.2) is 27.9 Å². The molecule has 0 bridgehead atoms. The van der Waals surface area contributed by atoms with Crippen LogP contribution >= 0.6 is 23.2 Å². The third-order valence-electron chi connectivity index (χ3n) is 6.60. The van der Waals surface area contributed by atoms with Gasteiger partial charge in [-0.1, -0.05) is 23.2 Å². The normalized spacial score (nSPS) is 20.3. The van der Waals surface area contributed by atoms with Gasteiger partial charge in [0.05, 0.1) is 17.3 Å².